The Morgan fingerprint density at radius 1 is 1.06 bits per heavy atom. The number of hydrogen-bond donors (Lipinski definition) is 2. The number of nitrogens with zero attached hydrogens (tertiary/aromatic N) is 3. The van der Waals surface area contributed by atoms with E-state index < -0.39 is 0 Å². The fourth-order valence-corrected chi connectivity index (χ4v) is 4.09. The van der Waals surface area contributed by atoms with Crippen LogP contribution in [0.3, 0.4) is 0 Å². The number of morpholine rings is 1. The average molecular weight is 468 g/mol. The normalized spacial score (nSPS) is 14.1. The molecule has 0 unspecified atom stereocenters. The highest BCUT2D eigenvalue weighted by Gasteiger charge is 2.20. The van der Waals surface area contributed by atoms with Crippen LogP contribution in [0.1, 0.15) is 16.1 Å². The molecule has 1 aromatic carbocycles. The van der Waals surface area contributed by atoms with Crippen molar-refractivity contribution in [2.75, 3.05) is 49.7 Å². The number of carbonyl (C=O) groups excluding carboxylic acids is 2. The third kappa shape index (κ3) is 5.78. The quantitative estimate of drug-likeness (QED) is 0.402. The highest BCUT2D eigenvalue weighted by molar-refractivity contribution is 7.98. The number of amides is 2. The number of nitrogens with one attached hydrogen (secondary N) is 2. The van der Waals surface area contributed by atoms with E-state index in [0.717, 1.165) is 13.1 Å². The molecular formula is C23H25N5O4S. The second kappa shape index (κ2) is 10.6. The van der Waals surface area contributed by atoms with Crippen molar-refractivity contribution in [3.8, 4) is 11.6 Å². The third-order valence-corrected chi connectivity index (χ3v) is 5.80. The molecule has 1 fully saturated rings. The third-order valence-electron chi connectivity index (χ3n) is 5.12. The first-order chi connectivity index (χ1) is 16.0. The van der Waals surface area contributed by atoms with E-state index >= 15 is 0 Å². The van der Waals surface area contributed by atoms with Crippen molar-refractivity contribution in [3.63, 3.8) is 0 Å². The van der Waals surface area contributed by atoms with Crippen molar-refractivity contribution in [2.24, 2.45) is 0 Å². The van der Waals surface area contributed by atoms with Gasteiger partial charge in [-0.25, -0.2) is 9.97 Å². The van der Waals surface area contributed by atoms with Crippen LogP contribution < -0.4 is 10.6 Å². The molecular weight excluding hydrogens is 442 g/mol. The van der Waals surface area contributed by atoms with E-state index in [1.165, 1.54) is 11.8 Å². The molecule has 2 N–H and O–H groups in total. The summed E-state index contributed by atoms with van der Waals surface area (Å²) in [7, 11) is 0. The van der Waals surface area contributed by atoms with E-state index in [2.05, 4.69) is 25.5 Å². The molecule has 10 heteroatoms. The summed E-state index contributed by atoms with van der Waals surface area (Å²) in [6.45, 7) is 4.90. The Hall–Kier alpha value is -3.21. The second-order valence-electron chi connectivity index (χ2n) is 7.46. The Kier molecular flexibility index (Phi) is 7.38. The zero-order valence-corrected chi connectivity index (χ0v) is 19.3. The largest absolute Gasteiger partial charge is 0.461 e. The van der Waals surface area contributed by atoms with Gasteiger partial charge < -0.3 is 19.8 Å². The van der Waals surface area contributed by atoms with Gasteiger partial charge >= 0.3 is 0 Å². The lowest BCUT2D eigenvalue weighted by atomic mass is 10.2. The van der Waals surface area contributed by atoms with Gasteiger partial charge in [0.15, 0.2) is 11.6 Å². The van der Waals surface area contributed by atoms with Crippen LogP contribution in [-0.4, -0.2) is 65.8 Å². The summed E-state index contributed by atoms with van der Waals surface area (Å²) in [5.74, 6) is 0.608. The zero-order chi connectivity index (χ0) is 23.2. The number of rotatable bonds is 7. The van der Waals surface area contributed by atoms with Crippen LogP contribution in [-0.2, 0) is 9.53 Å². The Labute approximate surface area is 195 Å². The van der Waals surface area contributed by atoms with Crippen LogP contribution in [0, 0.1) is 6.92 Å². The van der Waals surface area contributed by atoms with E-state index in [1.54, 1.807) is 49.6 Å². The number of furan rings is 1. The molecule has 3 heterocycles. The van der Waals surface area contributed by atoms with Crippen LogP contribution in [0.2, 0.25) is 0 Å². The maximum absolute atomic E-state index is 13.0. The standard InChI is InChI=1S/C23H25N5O4S/c1-15-20(23(33-2)27-21(24-15)18-4-3-11-32-18)22(30)26-17-7-5-16(6-8-17)25-19(29)14-28-9-12-31-13-10-28/h3-8,11H,9-10,12-14H2,1-2H3,(H,25,29)(H,26,30). The van der Waals surface area contributed by atoms with Crippen molar-refractivity contribution < 1.29 is 18.7 Å². The van der Waals surface area contributed by atoms with Gasteiger partial charge in [0, 0.05) is 24.5 Å². The number of thioether (sulfide) groups is 1. The molecule has 4 rings (SSSR count). The van der Waals surface area contributed by atoms with E-state index in [9.17, 15) is 9.59 Å². The Bertz CT molecular complexity index is 1110. The number of benzene rings is 1. The van der Waals surface area contributed by atoms with Gasteiger partial charge in [0.1, 0.15) is 5.03 Å². The van der Waals surface area contributed by atoms with E-state index in [4.69, 9.17) is 9.15 Å². The van der Waals surface area contributed by atoms with E-state index in [-0.39, 0.29) is 11.8 Å². The van der Waals surface area contributed by atoms with E-state index in [1.807, 2.05) is 6.26 Å². The topological polar surface area (TPSA) is 110 Å². The lowest BCUT2D eigenvalue weighted by Crippen LogP contribution is -2.41. The smallest absolute Gasteiger partial charge is 0.260 e. The van der Waals surface area contributed by atoms with Crippen molar-refractivity contribution in [3.05, 3.63) is 53.9 Å². The summed E-state index contributed by atoms with van der Waals surface area (Å²) >= 11 is 1.37. The minimum absolute atomic E-state index is 0.0808. The summed E-state index contributed by atoms with van der Waals surface area (Å²) in [6.07, 6.45) is 3.42. The summed E-state index contributed by atoms with van der Waals surface area (Å²) in [6, 6.07) is 10.5. The predicted octanol–water partition coefficient (Wildman–Crippen LogP) is 3.29. The first-order valence-electron chi connectivity index (χ1n) is 10.5. The van der Waals surface area contributed by atoms with Crippen molar-refractivity contribution in [2.45, 2.75) is 11.9 Å². The Morgan fingerprint density at radius 2 is 1.76 bits per heavy atom. The molecule has 0 spiro atoms. The molecule has 1 aliphatic rings. The van der Waals surface area contributed by atoms with Gasteiger partial charge in [0.2, 0.25) is 5.91 Å². The summed E-state index contributed by atoms with van der Waals surface area (Å²) in [4.78, 5) is 36.2. The van der Waals surface area contributed by atoms with Crippen LogP contribution in [0.25, 0.3) is 11.6 Å². The second-order valence-corrected chi connectivity index (χ2v) is 8.26. The minimum Gasteiger partial charge on any atom is -0.461 e. The molecule has 33 heavy (non-hydrogen) atoms. The van der Waals surface area contributed by atoms with Crippen molar-refractivity contribution in [1.82, 2.24) is 14.9 Å². The van der Waals surface area contributed by atoms with Crippen LogP contribution in [0.5, 0.6) is 0 Å². The number of anilines is 2. The lowest BCUT2D eigenvalue weighted by molar-refractivity contribution is -0.118. The molecule has 9 nitrogen and oxygen atoms in total. The van der Waals surface area contributed by atoms with Crippen molar-refractivity contribution >= 4 is 35.0 Å². The molecule has 3 aromatic rings. The molecule has 172 valence electrons. The van der Waals surface area contributed by atoms with Gasteiger partial charge in [0.05, 0.1) is 37.3 Å². The molecule has 0 saturated carbocycles. The van der Waals surface area contributed by atoms with Crippen molar-refractivity contribution in [1.29, 1.82) is 0 Å². The van der Waals surface area contributed by atoms with Gasteiger partial charge in [-0.1, -0.05) is 0 Å². The Morgan fingerprint density at radius 3 is 2.39 bits per heavy atom. The molecule has 2 aromatic heterocycles. The first kappa shape index (κ1) is 23.0. The van der Waals surface area contributed by atoms with Gasteiger partial charge in [-0.2, -0.15) is 0 Å². The molecule has 0 bridgehead atoms. The molecule has 0 radical (unpaired) electrons. The first-order valence-corrected chi connectivity index (χ1v) is 11.7. The number of hydrogen-bond acceptors (Lipinski definition) is 8. The summed E-state index contributed by atoms with van der Waals surface area (Å²) in [5, 5.41) is 6.33. The van der Waals surface area contributed by atoms with Gasteiger partial charge in [-0.05, 0) is 49.6 Å². The fraction of sp³-hybridized carbons (Fsp3) is 0.304. The summed E-state index contributed by atoms with van der Waals surface area (Å²) in [5.41, 5.74) is 2.25. The molecule has 0 atom stereocenters. The van der Waals surface area contributed by atoms with Crippen LogP contribution >= 0.6 is 11.8 Å². The predicted molar refractivity (Wildman–Crippen MR) is 127 cm³/mol. The lowest BCUT2D eigenvalue weighted by Gasteiger charge is -2.25. The molecule has 0 aliphatic carbocycles. The molecule has 1 aliphatic heterocycles. The number of ether oxygens (including phenoxy) is 1. The van der Waals surface area contributed by atoms with Crippen LogP contribution in [0.15, 0.2) is 52.1 Å². The van der Waals surface area contributed by atoms with Gasteiger partial charge in [0.25, 0.3) is 5.91 Å². The number of aromatic nitrogens is 2. The summed E-state index contributed by atoms with van der Waals surface area (Å²) < 4.78 is 10.7. The highest BCUT2D eigenvalue weighted by Crippen LogP contribution is 2.26. The minimum atomic E-state index is -0.299. The average Bonchev–Trinajstić information content (AvgIpc) is 3.35. The zero-order valence-electron chi connectivity index (χ0n) is 18.5. The highest BCUT2D eigenvalue weighted by atomic mass is 32.2. The SMILES string of the molecule is CSc1nc(-c2ccco2)nc(C)c1C(=O)Nc1ccc(NC(=O)CN2CCOCC2)cc1. The maximum Gasteiger partial charge on any atom is 0.260 e. The van der Waals surface area contributed by atoms with Gasteiger partial charge in [-0.15, -0.1) is 11.8 Å². The fourth-order valence-electron chi connectivity index (χ4n) is 3.47. The van der Waals surface area contributed by atoms with Crippen LogP contribution in [0.4, 0.5) is 11.4 Å². The molecule has 2 amide bonds. The Balaban J connectivity index is 1.40. The maximum atomic E-state index is 13.0. The van der Waals surface area contributed by atoms with E-state index in [0.29, 0.717) is 59.0 Å². The monoisotopic (exact) mass is 467 g/mol. The number of carbonyl (C=O) groups is 2. The molecule has 1 saturated heterocycles. The number of aryl methyl sites for hydroxylation is 1. The van der Waals surface area contributed by atoms with Gasteiger partial charge in [-0.3, -0.25) is 14.5 Å².